The van der Waals surface area contributed by atoms with Crippen molar-refractivity contribution in [3.05, 3.63) is 84.1 Å². The van der Waals surface area contributed by atoms with Crippen LogP contribution in [-0.2, 0) is 13.0 Å². The molecule has 1 aromatic carbocycles. The fourth-order valence-electron chi connectivity index (χ4n) is 2.57. The van der Waals surface area contributed by atoms with Gasteiger partial charge >= 0.3 is 0 Å². The molecule has 6 heteroatoms. The van der Waals surface area contributed by atoms with Crippen LogP contribution in [0.1, 0.15) is 21.7 Å². The molecule has 4 rings (SSSR count). The molecule has 0 spiro atoms. The first-order valence-electron chi connectivity index (χ1n) is 7.87. The molecule has 6 nitrogen and oxygen atoms in total. The van der Waals surface area contributed by atoms with Gasteiger partial charge < -0.3 is 8.94 Å². The molecule has 0 amide bonds. The molecule has 0 atom stereocenters. The predicted octanol–water partition coefficient (Wildman–Crippen LogP) is 3.60. The van der Waals surface area contributed by atoms with Gasteiger partial charge in [0.25, 0.3) is 0 Å². The molecule has 3 aromatic heterocycles. The van der Waals surface area contributed by atoms with Crippen molar-refractivity contribution in [3.63, 3.8) is 0 Å². The first kappa shape index (κ1) is 15.1. The van der Waals surface area contributed by atoms with Crippen molar-refractivity contribution in [2.24, 2.45) is 0 Å². The molecule has 0 saturated carbocycles. The molecule has 0 unspecified atom stereocenters. The normalized spacial score (nSPS) is 10.9. The largest absolute Gasteiger partial charge is 0.463 e. The first-order chi connectivity index (χ1) is 12.3. The molecule has 124 valence electrons. The summed E-state index contributed by atoms with van der Waals surface area (Å²) in [4.78, 5) is 12.4. The lowest BCUT2D eigenvalue weighted by atomic mass is 10.1. The van der Waals surface area contributed by atoms with Crippen LogP contribution in [0.4, 0.5) is 0 Å². The molecular formula is C19H15N3O3. The second kappa shape index (κ2) is 6.60. The van der Waals surface area contributed by atoms with Crippen LogP contribution in [0.5, 0.6) is 0 Å². The zero-order valence-corrected chi connectivity index (χ0v) is 13.3. The second-order valence-corrected chi connectivity index (χ2v) is 5.69. The van der Waals surface area contributed by atoms with Crippen molar-refractivity contribution < 1.29 is 13.7 Å². The topological polar surface area (TPSA) is 74.1 Å². The highest BCUT2D eigenvalue weighted by atomic mass is 16.5. The zero-order valence-electron chi connectivity index (χ0n) is 13.3. The lowest BCUT2D eigenvalue weighted by Gasteiger charge is -2.00. The third-order valence-corrected chi connectivity index (χ3v) is 3.80. The van der Waals surface area contributed by atoms with E-state index in [0.29, 0.717) is 18.0 Å². The Balaban J connectivity index is 1.43. The Morgan fingerprint density at radius 3 is 2.76 bits per heavy atom. The van der Waals surface area contributed by atoms with Gasteiger partial charge in [0.15, 0.2) is 5.76 Å². The monoisotopic (exact) mass is 333 g/mol. The van der Waals surface area contributed by atoms with Crippen LogP contribution in [0.15, 0.2) is 76.1 Å². The van der Waals surface area contributed by atoms with Crippen molar-refractivity contribution >= 4 is 5.78 Å². The summed E-state index contributed by atoms with van der Waals surface area (Å²) < 4.78 is 12.2. The number of benzene rings is 1. The summed E-state index contributed by atoms with van der Waals surface area (Å²) in [5.41, 5.74) is 2.49. The van der Waals surface area contributed by atoms with E-state index >= 15 is 0 Å². The molecule has 0 fully saturated rings. The van der Waals surface area contributed by atoms with Gasteiger partial charge in [-0.25, -0.2) is 0 Å². The predicted molar refractivity (Wildman–Crippen MR) is 90.0 cm³/mol. The number of ketones is 1. The number of aromatic nitrogens is 3. The second-order valence-electron chi connectivity index (χ2n) is 5.69. The van der Waals surface area contributed by atoms with Gasteiger partial charge in [-0.2, -0.15) is 5.10 Å². The number of Topliss-reactive ketones (excluding diaryl/α,β-unsaturated/α-hetero) is 1. The third kappa shape index (κ3) is 3.42. The van der Waals surface area contributed by atoms with E-state index in [0.717, 1.165) is 11.1 Å². The highest BCUT2D eigenvalue weighted by molar-refractivity contribution is 5.95. The molecule has 0 aliphatic heterocycles. The minimum Gasteiger partial charge on any atom is -0.463 e. The number of hydrogen-bond acceptors (Lipinski definition) is 5. The molecule has 0 saturated heterocycles. The molecule has 0 bridgehead atoms. The van der Waals surface area contributed by atoms with Crippen LogP contribution >= 0.6 is 0 Å². The summed E-state index contributed by atoms with van der Waals surface area (Å²) in [5.74, 6) is 0.630. The first-order valence-corrected chi connectivity index (χ1v) is 7.87. The van der Waals surface area contributed by atoms with E-state index in [1.54, 1.807) is 30.7 Å². The van der Waals surface area contributed by atoms with E-state index in [9.17, 15) is 4.79 Å². The van der Waals surface area contributed by atoms with Crippen LogP contribution in [-0.4, -0.2) is 20.7 Å². The summed E-state index contributed by atoms with van der Waals surface area (Å²) in [6, 6.07) is 15.1. The van der Waals surface area contributed by atoms with E-state index in [4.69, 9.17) is 8.94 Å². The average Bonchev–Trinajstić information content (AvgIpc) is 3.37. The molecule has 0 aliphatic carbocycles. The Labute approximate surface area is 143 Å². The van der Waals surface area contributed by atoms with E-state index in [2.05, 4.69) is 10.3 Å². The van der Waals surface area contributed by atoms with Crippen LogP contribution in [0.25, 0.3) is 11.5 Å². The summed E-state index contributed by atoms with van der Waals surface area (Å²) in [7, 11) is 0. The van der Waals surface area contributed by atoms with Crippen LogP contribution in [0, 0.1) is 0 Å². The maximum atomic E-state index is 12.4. The molecule has 0 radical (unpaired) electrons. The maximum absolute atomic E-state index is 12.4. The number of hydrogen-bond donors (Lipinski definition) is 0. The van der Waals surface area contributed by atoms with Crippen molar-refractivity contribution in [1.29, 1.82) is 0 Å². The van der Waals surface area contributed by atoms with Gasteiger partial charge in [-0.05, 0) is 23.3 Å². The van der Waals surface area contributed by atoms with Crippen molar-refractivity contribution in [2.75, 3.05) is 0 Å². The highest BCUT2D eigenvalue weighted by Gasteiger charge is 2.16. The van der Waals surface area contributed by atoms with Gasteiger partial charge in [-0.3, -0.25) is 9.48 Å². The summed E-state index contributed by atoms with van der Waals surface area (Å²) in [6.07, 6.45) is 5.33. The van der Waals surface area contributed by atoms with E-state index in [1.165, 1.54) is 0 Å². The van der Waals surface area contributed by atoms with Crippen molar-refractivity contribution in [2.45, 2.75) is 13.0 Å². The SMILES string of the molecule is O=C(Cc1cnn(Cc2ccccc2)c1)c1cc(-c2ccco2)no1. The van der Waals surface area contributed by atoms with E-state index in [-0.39, 0.29) is 18.0 Å². The zero-order chi connectivity index (χ0) is 17.1. The minimum absolute atomic E-state index is 0.149. The maximum Gasteiger partial charge on any atom is 0.205 e. The Morgan fingerprint density at radius 1 is 1.08 bits per heavy atom. The average molecular weight is 333 g/mol. The third-order valence-electron chi connectivity index (χ3n) is 3.80. The molecular weight excluding hydrogens is 318 g/mol. The standard InChI is InChI=1S/C19H15N3O3/c23-17(19-10-16(21-25-19)18-7-4-8-24-18)9-15-11-20-22(13-15)12-14-5-2-1-3-6-14/h1-8,10-11,13H,9,12H2. The molecule has 4 aromatic rings. The lowest BCUT2D eigenvalue weighted by molar-refractivity contribution is 0.0957. The molecule has 25 heavy (non-hydrogen) atoms. The number of carbonyl (C=O) groups is 1. The summed E-state index contributed by atoms with van der Waals surface area (Å²) in [5, 5.41) is 8.18. The minimum atomic E-state index is -0.149. The molecule has 0 N–H and O–H groups in total. The van der Waals surface area contributed by atoms with Crippen LogP contribution in [0.3, 0.4) is 0 Å². The summed E-state index contributed by atoms with van der Waals surface area (Å²) in [6.45, 7) is 0.667. The Kier molecular flexibility index (Phi) is 4.00. The van der Waals surface area contributed by atoms with Gasteiger partial charge in [-0.15, -0.1) is 0 Å². The van der Waals surface area contributed by atoms with Crippen molar-refractivity contribution in [1.82, 2.24) is 14.9 Å². The molecule has 0 aliphatic rings. The van der Waals surface area contributed by atoms with Crippen molar-refractivity contribution in [3.8, 4) is 11.5 Å². The fourth-order valence-corrected chi connectivity index (χ4v) is 2.57. The lowest BCUT2D eigenvalue weighted by Crippen LogP contribution is -2.02. The van der Waals surface area contributed by atoms with Gasteiger partial charge in [0.1, 0.15) is 5.69 Å². The smallest absolute Gasteiger partial charge is 0.205 e. The Bertz CT molecular complexity index is 968. The number of nitrogens with zero attached hydrogens (tertiary/aromatic N) is 3. The summed E-state index contributed by atoms with van der Waals surface area (Å²) >= 11 is 0. The quantitative estimate of drug-likeness (QED) is 0.504. The van der Waals surface area contributed by atoms with E-state index in [1.807, 2.05) is 41.2 Å². The number of furan rings is 1. The molecule has 3 heterocycles. The van der Waals surface area contributed by atoms with Gasteiger partial charge in [0.2, 0.25) is 11.5 Å². The highest BCUT2D eigenvalue weighted by Crippen LogP contribution is 2.20. The van der Waals surface area contributed by atoms with Gasteiger partial charge in [0, 0.05) is 18.7 Å². The fraction of sp³-hybridized carbons (Fsp3) is 0.105. The van der Waals surface area contributed by atoms with Gasteiger partial charge in [-0.1, -0.05) is 35.5 Å². The Hall–Kier alpha value is -3.41. The van der Waals surface area contributed by atoms with Crippen LogP contribution < -0.4 is 0 Å². The number of carbonyl (C=O) groups excluding carboxylic acids is 1. The van der Waals surface area contributed by atoms with Crippen LogP contribution in [0.2, 0.25) is 0 Å². The Morgan fingerprint density at radius 2 is 1.96 bits per heavy atom. The van der Waals surface area contributed by atoms with Gasteiger partial charge in [0.05, 0.1) is 19.0 Å². The number of rotatable bonds is 6. The van der Waals surface area contributed by atoms with E-state index < -0.39 is 0 Å².